The van der Waals surface area contributed by atoms with Gasteiger partial charge in [-0.15, -0.1) is 0 Å². The number of ether oxygens (including phenoxy) is 2. The molecule has 2 N–H and O–H groups in total. The van der Waals surface area contributed by atoms with Crippen molar-refractivity contribution in [1.29, 1.82) is 0 Å². The molecule has 0 saturated heterocycles. The zero-order chi connectivity index (χ0) is 20.1. The van der Waals surface area contributed by atoms with E-state index in [9.17, 15) is 9.59 Å². The van der Waals surface area contributed by atoms with Gasteiger partial charge >= 0.3 is 11.9 Å². The Kier molecular flexibility index (Phi) is 12.9. The Labute approximate surface area is 161 Å². The van der Waals surface area contributed by atoms with Gasteiger partial charge in [0.25, 0.3) is 0 Å². The Hall–Kier alpha value is -0.883. The first-order chi connectivity index (χ1) is 12.2. The molecule has 0 saturated carbocycles. The summed E-state index contributed by atoms with van der Waals surface area (Å²) < 4.78 is 9.94. The van der Waals surface area contributed by atoms with Crippen LogP contribution >= 0.6 is 0 Å². The number of carbonyl (C=O) groups excluding carboxylic acids is 2. The predicted molar refractivity (Wildman–Crippen MR) is 110 cm³/mol. The van der Waals surface area contributed by atoms with E-state index in [2.05, 4.69) is 19.6 Å². The molecule has 0 fully saturated rings. The van der Waals surface area contributed by atoms with E-state index in [1.54, 1.807) is 13.8 Å². The topological polar surface area (TPSA) is 78.6 Å². The normalized spacial score (nSPS) is 12.1. The van der Waals surface area contributed by atoms with Crippen LogP contribution in [0.1, 0.15) is 71.6 Å². The molecule has 154 valence electrons. The van der Waals surface area contributed by atoms with Gasteiger partial charge in [0.1, 0.15) is 0 Å². The van der Waals surface area contributed by atoms with Crippen molar-refractivity contribution in [3.05, 3.63) is 0 Å². The number of carbonyl (C=O) groups is 2. The number of hydrogen-bond acceptors (Lipinski definition) is 5. The number of hydrogen-bond donors (Lipinski definition) is 1. The van der Waals surface area contributed by atoms with Crippen molar-refractivity contribution in [1.82, 2.24) is 0 Å². The summed E-state index contributed by atoms with van der Waals surface area (Å²) in [5, 5.41) is 0. The lowest BCUT2D eigenvalue weighted by molar-refractivity contribution is -0.164. The largest absolute Gasteiger partial charge is 0.464 e. The quantitative estimate of drug-likeness (QED) is 0.191. The van der Waals surface area contributed by atoms with Crippen molar-refractivity contribution in [3.63, 3.8) is 0 Å². The zero-order valence-corrected chi connectivity index (χ0v) is 18.7. The van der Waals surface area contributed by atoms with Gasteiger partial charge in [-0.3, -0.25) is 0 Å². The summed E-state index contributed by atoms with van der Waals surface area (Å²) in [4.78, 5) is 24.1. The third-order valence-electron chi connectivity index (χ3n) is 4.53. The fourth-order valence-corrected chi connectivity index (χ4v) is 4.24. The van der Waals surface area contributed by atoms with Crippen molar-refractivity contribution in [2.24, 2.45) is 5.73 Å². The molecule has 0 atom stereocenters. The molecule has 0 aliphatic carbocycles. The lowest BCUT2D eigenvalue weighted by atomic mass is 9.93. The van der Waals surface area contributed by atoms with Gasteiger partial charge in [-0.25, -0.2) is 9.59 Å². The number of esters is 2. The average Bonchev–Trinajstić information content (AvgIpc) is 2.55. The molecule has 6 heteroatoms. The molecular formula is C20H41NO4Si. The highest BCUT2D eigenvalue weighted by Gasteiger charge is 2.44. The Morgan fingerprint density at radius 2 is 1.15 bits per heavy atom. The summed E-state index contributed by atoms with van der Waals surface area (Å²) in [5.74, 6) is -1.36. The van der Waals surface area contributed by atoms with Crippen molar-refractivity contribution in [2.75, 3.05) is 13.2 Å². The second-order valence-electron chi connectivity index (χ2n) is 8.30. The molecule has 0 aliphatic rings. The van der Waals surface area contributed by atoms with E-state index < -0.39 is 25.6 Å². The molecule has 26 heavy (non-hydrogen) atoms. The average molecular weight is 388 g/mol. The highest BCUT2D eigenvalue weighted by molar-refractivity contribution is 6.76. The van der Waals surface area contributed by atoms with E-state index in [0.29, 0.717) is 0 Å². The summed E-state index contributed by atoms with van der Waals surface area (Å²) >= 11 is 0. The van der Waals surface area contributed by atoms with Crippen LogP contribution in [0.15, 0.2) is 0 Å². The summed E-state index contributed by atoms with van der Waals surface area (Å²) in [6, 6.07) is 1.42. The first-order valence-electron chi connectivity index (χ1n) is 10.3. The van der Waals surface area contributed by atoms with Gasteiger partial charge in [-0.2, -0.15) is 0 Å². The van der Waals surface area contributed by atoms with Crippen LogP contribution in [0.25, 0.3) is 0 Å². The van der Waals surface area contributed by atoms with E-state index in [1.807, 2.05) is 0 Å². The Morgan fingerprint density at radius 1 is 0.769 bits per heavy atom. The maximum absolute atomic E-state index is 12.1. The fraction of sp³-hybridized carbons (Fsp3) is 0.900. The summed E-state index contributed by atoms with van der Waals surface area (Å²) in [6.07, 6.45) is 9.54. The predicted octanol–water partition coefficient (Wildman–Crippen LogP) is 4.66. The number of nitrogens with two attached hydrogens (primary N) is 1. The first kappa shape index (κ1) is 25.1. The van der Waals surface area contributed by atoms with E-state index in [4.69, 9.17) is 15.2 Å². The van der Waals surface area contributed by atoms with Crippen LogP contribution in [-0.4, -0.2) is 38.8 Å². The maximum atomic E-state index is 12.1. The molecule has 0 aromatic carbocycles. The molecule has 0 amide bonds. The Balaban J connectivity index is 3.99. The van der Waals surface area contributed by atoms with Gasteiger partial charge < -0.3 is 15.2 Å². The molecule has 0 aromatic heterocycles. The molecule has 0 unspecified atom stereocenters. The Bertz CT molecular complexity index is 389. The zero-order valence-electron chi connectivity index (χ0n) is 17.7. The van der Waals surface area contributed by atoms with Crippen LogP contribution in [0.5, 0.6) is 0 Å². The molecule has 0 aromatic rings. The van der Waals surface area contributed by atoms with Gasteiger partial charge in [-0.05, 0) is 20.3 Å². The van der Waals surface area contributed by atoms with Gasteiger partial charge in [0, 0.05) is 8.07 Å². The fourth-order valence-electron chi connectivity index (χ4n) is 2.93. The second-order valence-corrected chi connectivity index (χ2v) is 13.9. The van der Waals surface area contributed by atoms with Crippen LogP contribution < -0.4 is 5.73 Å². The standard InChI is InChI=1S/C20H41NO4Si/c1-6-24-18(22)20(21,19(23)25-7-2)16-14-12-10-8-9-11-13-15-17-26(3,4)5/h6-17,21H2,1-5H3. The smallest absolute Gasteiger partial charge is 0.337 e. The minimum absolute atomic E-state index is 0.203. The minimum Gasteiger partial charge on any atom is -0.464 e. The monoisotopic (exact) mass is 387 g/mol. The summed E-state index contributed by atoms with van der Waals surface area (Å²) in [6.45, 7) is 11.1. The van der Waals surface area contributed by atoms with Crippen LogP contribution in [0, 0.1) is 0 Å². The summed E-state index contributed by atoms with van der Waals surface area (Å²) in [7, 11) is -0.880. The SMILES string of the molecule is CCOC(=O)C(N)(CCCCCCCCCC[Si](C)(C)C)C(=O)OCC. The van der Waals surface area contributed by atoms with Gasteiger partial charge in [0.15, 0.2) is 0 Å². The summed E-state index contributed by atoms with van der Waals surface area (Å²) in [5.41, 5.74) is 4.38. The van der Waals surface area contributed by atoms with Crippen LogP contribution in [0.2, 0.25) is 25.7 Å². The van der Waals surface area contributed by atoms with Gasteiger partial charge in [-0.1, -0.05) is 77.1 Å². The third-order valence-corrected chi connectivity index (χ3v) is 6.38. The van der Waals surface area contributed by atoms with E-state index >= 15 is 0 Å². The van der Waals surface area contributed by atoms with E-state index in [-0.39, 0.29) is 19.6 Å². The van der Waals surface area contributed by atoms with Crippen molar-refractivity contribution in [2.45, 2.75) is 103 Å². The highest BCUT2D eigenvalue weighted by atomic mass is 28.3. The van der Waals surface area contributed by atoms with Crippen LogP contribution in [-0.2, 0) is 19.1 Å². The highest BCUT2D eigenvalue weighted by Crippen LogP contribution is 2.19. The molecule has 0 heterocycles. The second kappa shape index (κ2) is 13.3. The van der Waals surface area contributed by atoms with Gasteiger partial charge in [0.2, 0.25) is 5.54 Å². The third kappa shape index (κ3) is 11.0. The molecule has 0 bridgehead atoms. The van der Waals surface area contributed by atoms with Crippen LogP contribution in [0.3, 0.4) is 0 Å². The number of rotatable bonds is 15. The lowest BCUT2D eigenvalue weighted by Crippen LogP contribution is -2.56. The first-order valence-corrected chi connectivity index (χ1v) is 14.0. The molecular weight excluding hydrogens is 346 g/mol. The molecule has 0 radical (unpaired) electrons. The van der Waals surface area contributed by atoms with Gasteiger partial charge in [0.05, 0.1) is 13.2 Å². The maximum Gasteiger partial charge on any atom is 0.337 e. The van der Waals surface area contributed by atoms with Crippen molar-refractivity contribution >= 4 is 20.0 Å². The van der Waals surface area contributed by atoms with E-state index in [1.165, 1.54) is 38.1 Å². The molecule has 0 rings (SSSR count). The number of unbranched alkanes of at least 4 members (excludes halogenated alkanes) is 7. The van der Waals surface area contributed by atoms with E-state index in [0.717, 1.165) is 19.3 Å². The Morgan fingerprint density at radius 3 is 1.54 bits per heavy atom. The van der Waals surface area contributed by atoms with Crippen LogP contribution in [0.4, 0.5) is 0 Å². The lowest BCUT2D eigenvalue weighted by Gasteiger charge is -2.24. The molecule has 0 spiro atoms. The molecule has 0 aliphatic heterocycles. The minimum atomic E-state index is -1.66. The molecule has 5 nitrogen and oxygen atoms in total. The van der Waals surface area contributed by atoms with Crippen molar-refractivity contribution in [3.8, 4) is 0 Å². The van der Waals surface area contributed by atoms with Crippen molar-refractivity contribution < 1.29 is 19.1 Å².